The van der Waals surface area contributed by atoms with E-state index < -0.39 is 0 Å². The Morgan fingerprint density at radius 1 is 1.22 bits per heavy atom. The summed E-state index contributed by atoms with van der Waals surface area (Å²) >= 11 is 6.04. The topological polar surface area (TPSA) is 35.3 Å². The van der Waals surface area contributed by atoms with Gasteiger partial charge < -0.3 is 9.15 Å². The summed E-state index contributed by atoms with van der Waals surface area (Å²) in [6.45, 7) is 0.358. The average Bonchev–Trinajstić information content (AvgIpc) is 2.82. The van der Waals surface area contributed by atoms with E-state index in [4.69, 9.17) is 20.8 Å². The number of fused-ring (bicyclic) bond motifs is 1. The fraction of sp³-hybridized carbons (Fsp3) is 0.0714. The van der Waals surface area contributed by atoms with E-state index in [1.807, 2.05) is 30.3 Å². The first-order valence-corrected chi connectivity index (χ1v) is 5.90. The maximum absolute atomic E-state index is 6.04. The number of nitrogens with zero attached hydrogens (tertiary/aromatic N) is 1. The summed E-state index contributed by atoms with van der Waals surface area (Å²) in [5.74, 6) is 1.45. The first kappa shape index (κ1) is 11.1. The van der Waals surface area contributed by atoms with Crippen molar-refractivity contribution >= 4 is 22.6 Å². The fourth-order valence-electron chi connectivity index (χ4n) is 1.74. The van der Waals surface area contributed by atoms with Gasteiger partial charge in [0, 0.05) is 11.6 Å². The standard InChI is InChI=1S/C14H10ClNO2/c15-13-5-1-3-10-7-12(18-14(10)13)9-17-11-4-2-6-16-8-11/h1-8H,9H2. The Morgan fingerprint density at radius 2 is 2.17 bits per heavy atom. The van der Waals surface area contributed by atoms with Crippen molar-refractivity contribution in [2.75, 3.05) is 0 Å². The van der Waals surface area contributed by atoms with Crippen molar-refractivity contribution in [1.29, 1.82) is 0 Å². The Morgan fingerprint density at radius 3 is 2.94 bits per heavy atom. The van der Waals surface area contributed by atoms with Crippen LogP contribution in [0.15, 0.2) is 53.2 Å². The molecule has 3 nitrogen and oxygen atoms in total. The van der Waals surface area contributed by atoms with Crippen LogP contribution in [0.5, 0.6) is 5.75 Å². The van der Waals surface area contributed by atoms with Crippen LogP contribution in [0.2, 0.25) is 5.02 Å². The molecule has 0 atom stereocenters. The van der Waals surface area contributed by atoms with Gasteiger partial charge in [-0.3, -0.25) is 4.98 Å². The number of pyridine rings is 1. The van der Waals surface area contributed by atoms with Crippen LogP contribution in [0.4, 0.5) is 0 Å². The van der Waals surface area contributed by atoms with Crippen LogP contribution in [0.3, 0.4) is 0 Å². The van der Waals surface area contributed by atoms with E-state index >= 15 is 0 Å². The van der Waals surface area contributed by atoms with E-state index in [0.717, 1.165) is 11.1 Å². The third kappa shape index (κ3) is 2.17. The third-order valence-electron chi connectivity index (χ3n) is 2.56. The molecule has 0 saturated carbocycles. The number of ether oxygens (including phenoxy) is 1. The smallest absolute Gasteiger partial charge is 0.153 e. The zero-order valence-corrected chi connectivity index (χ0v) is 10.2. The maximum atomic E-state index is 6.04. The second kappa shape index (κ2) is 4.70. The average molecular weight is 260 g/mol. The second-order valence-corrected chi connectivity index (χ2v) is 4.26. The first-order chi connectivity index (χ1) is 8.83. The summed E-state index contributed by atoms with van der Waals surface area (Å²) in [6.07, 6.45) is 3.36. The minimum Gasteiger partial charge on any atom is -0.484 e. The van der Waals surface area contributed by atoms with Crippen LogP contribution in [0.25, 0.3) is 11.0 Å². The maximum Gasteiger partial charge on any atom is 0.153 e. The molecule has 3 rings (SSSR count). The highest BCUT2D eigenvalue weighted by Gasteiger charge is 2.07. The quantitative estimate of drug-likeness (QED) is 0.711. The van der Waals surface area contributed by atoms with E-state index in [-0.39, 0.29) is 0 Å². The Balaban J connectivity index is 1.81. The van der Waals surface area contributed by atoms with Gasteiger partial charge in [0.1, 0.15) is 18.1 Å². The molecule has 3 aromatic rings. The van der Waals surface area contributed by atoms with Gasteiger partial charge in [0.15, 0.2) is 5.58 Å². The fourth-order valence-corrected chi connectivity index (χ4v) is 1.96. The van der Waals surface area contributed by atoms with Crippen molar-refractivity contribution in [3.05, 3.63) is 59.6 Å². The van der Waals surface area contributed by atoms with Crippen LogP contribution in [0, 0.1) is 0 Å². The van der Waals surface area contributed by atoms with Gasteiger partial charge >= 0.3 is 0 Å². The Bertz CT molecular complexity index is 664. The Kier molecular flexibility index (Phi) is 2.90. The molecule has 0 saturated heterocycles. The van der Waals surface area contributed by atoms with Crippen molar-refractivity contribution in [1.82, 2.24) is 4.98 Å². The molecule has 0 unspecified atom stereocenters. The third-order valence-corrected chi connectivity index (χ3v) is 2.86. The van der Waals surface area contributed by atoms with Crippen LogP contribution in [-0.2, 0) is 6.61 Å². The lowest BCUT2D eigenvalue weighted by atomic mass is 10.2. The van der Waals surface area contributed by atoms with Crippen molar-refractivity contribution in [2.24, 2.45) is 0 Å². The molecule has 1 aromatic carbocycles. The minimum absolute atomic E-state index is 0.358. The van der Waals surface area contributed by atoms with Crippen molar-refractivity contribution in [3.63, 3.8) is 0 Å². The first-order valence-electron chi connectivity index (χ1n) is 5.53. The largest absolute Gasteiger partial charge is 0.484 e. The second-order valence-electron chi connectivity index (χ2n) is 3.85. The summed E-state index contributed by atoms with van der Waals surface area (Å²) in [5.41, 5.74) is 0.698. The summed E-state index contributed by atoms with van der Waals surface area (Å²) in [5, 5.41) is 1.59. The van der Waals surface area contributed by atoms with E-state index in [2.05, 4.69) is 4.98 Å². The van der Waals surface area contributed by atoms with E-state index in [9.17, 15) is 0 Å². The monoisotopic (exact) mass is 259 g/mol. The van der Waals surface area contributed by atoms with E-state index in [1.165, 1.54) is 0 Å². The predicted molar refractivity (Wildman–Crippen MR) is 69.8 cm³/mol. The number of para-hydroxylation sites is 1. The van der Waals surface area contributed by atoms with Gasteiger partial charge in [0.05, 0.1) is 11.2 Å². The molecule has 0 aliphatic heterocycles. The molecule has 0 amide bonds. The van der Waals surface area contributed by atoms with Crippen LogP contribution in [0.1, 0.15) is 5.76 Å². The molecule has 4 heteroatoms. The normalized spacial score (nSPS) is 10.7. The molecule has 0 spiro atoms. The molecule has 0 fully saturated rings. The lowest BCUT2D eigenvalue weighted by Gasteiger charge is -2.01. The van der Waals surface area contributed by atoms with Gasteiger partial charge in [-0.2, -0.15) is 0 Å². The van der Waals surface area contributed by atoms with Gasteiger partial charge in [-0.15, -0.1) is 0 Å². The Hall–Kier alpha value is -2.00. The van der Waals surface area contributed by atoms with Crippen molar-refractivity contribution in [3.8, 4) is 5.75 Å². The zero-order chi connectivity index (χ0) is 12.4. The summed E-state index contributed by atoms with van der Waals surface area (Å²) in [4.78, 5) is 3.98. The zero-order valence-electron chi connectivity index (χ0n) is 9.47. The molecule has 0 aliphatic carbocycles. The highest BCUT2D eigenvalue weighted by atomic mass is 35.5. The molecule has 2 aromatic heterocycles. The highest BCUT2D eigenvalue weighted by molar-refractivity contribution is 6.34. The number of hydrogen-bond donors (Lipinski definition) is 0. The SMILES string of the molecule is Clc1cccc2cc(COc3cccnc3)oc12. The van der Waals surface area contributed by atoms with E-state index in [0.29, 0.717) is 23.0 Å². The molecule has 0 radical (unpaired) electrons. The number of aromatic nitrogens is 1. The molecule has 2 heterocycles. The lowest BCUT2D eigenvalue weighted by Crippen LogP contribution is -1.93. The number of furan rings is 1. The van der Waals surface area contributed by atoms with Gasteiger partial charge in [0.25, 0.3) is 0 Å². The van der Waals surface area contributed by atoms with Gasteiger partial charge in [-0.05, 0) is 24.3 Å². The van der Waals surface area contributed by atoms with Gasteiger partial charge in [-0.25, -0.2) is 0 Å². The molecule has 90 valence electrons. The van der Waals surface area contributed by atoms with E-state index in [1.54, 1.807) is 18.5 Å². The number of benzene rings is 1. The number of rotatable bonds is 3. The highest BCUT2D eigenvalue weighted by Crippen LogP contribution is 2.27. The van der Waals surface area contributed by atoms with Crippen LogP contribution in [-0.4, -0.2) is 4.98 Å². The van der Waals surface area contributed by atoms with Gasteiger partial charge in [-0.1, -0.05) is 23.7 Å². The molecular weight excluding hydrogens is 250 g/mol. The lowest BCUT2D eigenvalue weighted by molar-refractivity contribution is 0.273. The van der Waals surface area contributed by atoms with Crippen LogP contribution >= 0.6 is 11.6 Å². The molecule has 0 aliphatic rings. The number of hydrogen-bond acceptors (Lipinski definition) is 3. The van der Waals surface area contributed by atoms with Gasteiger partial charge in [0.2, 0.25) is 0 Å². The van der Waals surface area contributed by atoms with Crippen LogP contribution < -0.4 is 4.74 Å². The summed E-state index contributed by atoms with van der Waals surface area (Å²) in [7, 11) is 0. The van der Waals surface area contributed by atoms with Crippen molar-refractivity contribution < 1.29 is 9.15 Å². The summed E-state index contributed by atoms with van der Waals surface area (Å²) < 4.78 is 11.2. The summed E-state index contributed by atoms with van der Waals surface area (Å²) in [6, 6.07) is 11.3. The molecule has 0 N–H and O–H groups in total. The Labute approximate surface area is 109 Å². The number of halogens is 1. The molecular formula is C14H10ClNO2. The van der Waals surface area contributed by atoms with Crippen molar-refractivity contribution in [2.45, 2.75) is 6.61 Å². The molecule has 18 heavy (non-hydrogen) atoms. The predicted octanol–water partition coefficient (Wildman–Crippen LogP) is 4.06. The minimum atomic E-state index is 0.358. The molecule has 0 bridgehead atoms.